The first-order chi connectivity index (χ1) is 8.15. The third-order valence-electron chi connectivity index (χ3n) is 2.41. The van der Waals surface area contributed by atoms with E-state index in [1.807, 2.05) is 16.8 Å². The number of hydrogen-bond donors (Lipinski definition) is 2. The molecule has 0 fully saturated rings. The molecule has 0 bridgehead atoms. The Morgan fingerprint density at radius 2 is 1.88 bits per heavy atom. The van der Waals surface area contributed by atoms with E-state index in [4.69, 9.17) is 29.0 Å². The Bertz CT molecular complexity index is 510. The summed E-state index contributed by atoms with van der Waals surface area (Å²) in [5, 5.41) is 5.19. The lowest BCUT2D eigenvalue weighted by Crippen LogP contribution is -2.29. The Hall–Kier alpha value is -0.100. The highest BCUT2D eigenvalue weighted by Gasteiger charge is 2.21. The average molecular weight is 352 g/mol. The maximum atomic E-state index is 6.18. The standard InChI is InChI=1S/C11H9BrCl2N2S/c12-7-5-17-4-6(7)11(16-15)10-8(13)2-1-3-9(10)14/h1-5,11,16H,15H2. The van der Waals surface area contributed by atoms with Gasteiger partial charge in [-0.15, -0.1) is 0 Å². The molecular formula is C11H9BrCl2N2S. The van der Waals surface area contributed by atoms with E-state index in [0.717, 1.165) is 15.6 Å². The first-order valence-corrected chi connectivity index (χ1v) is 7.26. The highest BCUT2D eigenvalue weighted by molar-refractivity contribution is 9.10. The van der Waals surface area contributed by atoms with Crippen molar-refractivity contribution in [1.29, 1.82) is 0 Å². The predicted molar refractivity (Wildman–Crippen MR) is 77.6 cm³/mol. The minimum atomic E-state index is -0.225. The van der Waals surface area contributed by atoms with Crippen molar-refractivity contribution < 1.29 is 0 Å². The van der Waals surface area contributed by atoms with Gasteiger partial charge < -0.3 is 0 Å². The zero-order valence-electron chi connectivity index (χ0n) is 8.58. The smallest absolute Gasteiger partial charge is 0.0758 e. The van der Waals surface area contributed by atoms with Crippen molar-refractivity contribution in [3.8, 4) is 0 Å². The van der Waals surface area contributed by atoms with Gasteiger partial charge in [-0.25, -0.2) is 5.43 Å². The third-order valence-corrected chi connectivity index (χ3v) is 4.82. The first-order valence-electron chi connectivity index (χ1n) is 4.76. The molecule has 1 aromatic carbocycles. The van der Waals surface area contributed by atoms with Gasteiger partial charge in [0.25, 0.3) is 0 Å². The molecule has 1 heterocycles. The SMILES string of the molecule is NNC(c1cscc1Br)c1c(Cl)cccc1Cl. The molecule has 1 unspecified atom stereocenters. The van der Waals surface area contributed by atoms with Crippen molar-refractivity contribution in [3.05, 3.63) is 54.6 Å². The van der Waals surface area contributed by atoms with Crippen LogP contribution in [0.15, 0.2) is 33.4 Å². The van der Waals surface area contributed by atoms with E-state index < -0.39 is 0 Å². The second-order valence-corrected chi connectivity index (χ2v) is 5.82. The molecule has 1 atom stereocenters. The van der Waals surface area contributed by atoms with Crippen molar-refractivity contribution in [2.24, 2.45) is 5.84 Å². The molecular weight excluding hydrogens is 343 g/mol. The van der Waals surface area contributed by atoms with E-state index in [-0.39, 0.29) is 6.04 Å². The van der Waals surface area contributed by atoms with Crippen LogP contribution in [0.3, 0.4) is 0 Å². The molecule has 0 amide bonds. The summed E-state index contributed by atoms with van der Waals surface area (Å²) in [6.45, 7) is 0. The van der Waals surface area contributed by atoms with Crippen LogP contribution in [-0.2, 0) is 0 Å². The second kappa shape index (κ2) is 5.69. The van der Waals surface area contributed by atoms with Crippen LogP contribution < -0.4 is 11.3 Å². The topological polar surface area (TPSA) is 38.0 Å². The predicted octanol–water partition coefficient (Wildman–Crippen LogP) is 4.37. The molecule has 2 rings (SSSR count). The van der Waals surface area contributed by atoms with Crippen LogP contribution in [0.2, 0.25) is 10.0 Å². The van der Waals surface area contributed by atoms with Crippen LogP contribution in [0, 0.1) is 0 Å². The van der Waals surface area contributed by atoms with E-state index in [1.54, 1.807) is 23.5 Å². The summed E-state index contributed by atoms with van der Waals surface area (Å²) in [7, 11) is 0. The highest BCUT2D eigenvalue weighted by Crippen LogP contribution is 2.37. The molecule has 0 aliphatic rings. The quantitative estimate of drug-likeness (QED) is 0.636. The van der Waals surface area contributed by atoms with Gasteiger partial charge in [0.15, 0.2) is 0 Å². The number of halogens is 3. The number of benzene rings is 1. The molecule has 17 heavy (non-hydrogen) atoms. The molecule has 6 heteroatoms. The maximum Gasteiger partial charge on any atom is 0.0758 e. The average Bonchev–Trinajstić information content (AvgIpc) is 2.70. The fourth-order valence-electron chi connectivity index (χ4n) is 1.61. The van der Waals surface area contributed by atoms with Gasteiger partial charge >= 0.3 is 0 Å². The van der Waals surface area contributed by atoms with E-state index in [0.29, 0.717) is 10.0 Å². The zero-order valence-corrected chi connectivity index (χ0v) is 12.5. The monoisotopic (exact) mass is 350 g/mol. The first kappa shape index (κ1) is 13.3. The van der Waals surface area contributed by atoms with Gasteiger partial charge in [-0.05, 0) is 39.0 Å². The molecule has 2 aromatic rings. The van der Waals surface area contributed by atoms with Crippen LogP contribution in [0.5, 0.6) is 0 Å². The van der Waals surface area contributed by atoms with E-state index >= 15 is 0 Å². The molecule has 0 radical (unpaired) electrons. The van der Waals surface area contributed by atoms with Gasteiger partial charge in [0.05, 0.1) is 6.04 Å². The van der Waals surface area contributed by atoms with Gasteiger partial charge in [-0.3, -0.25) is 5.84 Å². The van der Waals surface area contributed by atoms with Crippen LogP contribution in [0.1, 0.15) is 17.2 Å². The minimum Gasteiger partial charge on any atom is -0.271 e. The Labute approximate surface area is 122 Å². The molecule has 0 aliphatic carbocycles. The number of hydrazine groups is 1. The van der Waals surface area contributed by atoms with Crippen LogP contribution in [-0.4, -0.2) is 0 Å². The molecule has 0 spiro atoms. The summed E-state index contributed by atoms with van der Waals surface area (Å²) in [5.74, 6) is 5.62. The second-order valence-electron chi connectivity index (χ2n) is 3.41. The summed E-state index contributed by atoms with van der Waals surface area (Å²) in [6.07, 6.45) is 0. The largest absolute Gasteiger partial charge is 0.271 e. The number of rotatable bonds is 3. The van der Waals surface area contributed by atoms with Crippen molar-refractivity contribution >= 4 is 50.5 Å². The van der Waals surface area contributed by atoms with Crippen LogP contribution >= 0.6 is 50.5 Å². The van der Waals surface area contributed by atoms with Gasteiger partial charge in [-0.1, -0.05) is 29.3 Å². The fraction of sp³-hybridized carbons (Fsp3) is 0.0909. The Kier molecular flexibility index (Phi) is 4.47. The summed E-state index contributed by atoms with van der Waals surface area (Å²) < 4.78 is 0.987. The molecule has 3 N–H and O–H groups in total. The number of nitrogens with two attached hydrogens (primary N) is 1. The Balaban J connectivity index is 2.53. The summed E-state index contributed by atoms with van der Waals surface area (Å²) in [6, 6.07) is 5.18. The number of nitrogens with one attached hydrogen (secondary N) is 1. The number of thiophene rings is 1. The van der Waals surface area contributed by atoms with Crippen molar-refractivity contribution in [3.63, 3.8) is 0 Å². The summed E-state index contributed by atoms with van der Waals surface area (Å²) in [4.78, 5) is 0. The molecule has 0 saturated carbocycles. The van der Waals surface area contributed by atoms with Gasteiger partial charge in [0, 0.05) is 25.5 Å². The number of hydrogen-bond acceptors (Lipinski definition) is 3. The lowest BCUT2D eigenvalue weighted by Gasteiger charge is -2.18. The molecule has 2 nitrogen and oxygen atoms in total. The fourth-order valence-corrected chi connectivity index (χ4v) is 3.78. The Morgan fingerprint density at radius 3 is 2.35 bits per heavy atom. The minimum absolute atomic E-state index is 0.225. The molecule has 1 aromatic heterocycles. The van der Waals surface area contributed by atoms with E-state index in [2.05, 4.69) is 21.4 Å². The van der Waals surface area contributed by atoms with Crippen molar-refractivity contribution in [2.45, 2.75) is 6.04 Å². The van der Waals surface area contributed by atoms with Gasteiger partial charge in [-0.2, -0.15) is 11.3 Å². The third kappa shape index (κ3) is 2.67. The van der Waals surface area contributed by atoms with E-state index in [9.17, 15) is 0 Å². The van der Waals surface area contributed by atoms with Crippen molar-refractivity contribution in [1.82, 2.24) is 5.43 Å². The molecule has 0 saturated heterocycles. The summed E-state index contributed by atoms with van der Waals surface area (Å²) >= 11 is 17.4. The normalized spacial score (nSPS) is 12.7. The zero-order chi connectivity index (χ0) is 12.4. The lowest BCUT2D eigenvalue weighted by molar-refractivity contribution is 0.637. The van der Waals surface area contributed by atoms with Gasteiger partial charge in [0.2, 0.25) is 0 Å². The van der Waals surface area contributed by atoms with Crippen molar-refractivity contribution in [2.75, 3.05) is 0 Å². The summed E-state index contributed by atoms with van der Waals surface area (Å²) in [5.41, 5.74) is 4.56. The Morgan fingerprint density at radius 1 is 1.24 bits per heavy atom. The van der Waals surface area contributed by atoms with E-state index in [1.165, 1.54) is 0 Å². The lowest BCUT2D eigenvalue weighted by atomic mass is 10.0. The maximum absolute atomic E-state index is 6.18. The highest BCUT2D eigenvalue weighted by atomic mass is 79.9. The molecule has 90 valence electrons. The van der Waals surface area contributed by atoms with Gasteiger partial charge in [0.1, 0.15) is 0 Å². The van der Waals surface area contributed by atoms with Crippen LogP contribution in [0.4, 0.5) is 0 Å². The van der Waals surface area contributed by atoms with Crippen LogP contribution in [0.25, 0.3) is 0 Å². The molecule has 0 aliphatic heterocycles.